The maximum Gasteiger partial charge on any atom is 0.335 e. The smallest absolute Gasteiger partial charge is 0.335 e. The molecule has 4 rings (SSSR count). The van der Waals surface area contributed by atoms with E-state index in [0.717, 1.165) is 22.0 Å². The summed E-state index contributed by atoms with van der Waals surface area (Å²) in [5.41, 5.74) is 3.36. The van der Waals surface area contributed by atoms with Crippen LogP contribution in [-0.4, -0.2) is 31.2 Å². The molecular weight excluding hydrogens is 324 g/mol. The average molecular weight is 336 g/mol. The Bertz CT molecular complexity index is 1060. The zero-order valence-electron chi connectivity index (χ0n) is 12.3. The number of thiol groups is 1. The number of hydrogen-bond donors (Lipinski definition) is 3. The molecular formula is C17H12N4O2S. The van der Waals surface area contributed by atoms with Gasteiger partial charge < -0.3 is 10.1 Å². The van der Waals surface area contributed by atoms with Crippen molar-refractivity contribution in [3.05, 3.63) is 65.5 Å². The van der Waals surface area contributed by atoms with E-state index in [4.69, 9.17) is 5.11 Å². The fourth-order valence-electron chi connectivity index (χ4n) is 2.61. The van der Waals surface area contributed by atoms with Gasteiger partial charge in [-0.2, -0.15) is 12.6 Å². The van der Waals surface area contributed by atoms with Crippen LogP contribution in [-0.2, 0) is 0 Å². The van der Waals surface area contributed by atoms with E-state index in [1.807, 2.05) is 24.3 Å². The number of rotatable bonds is 3. The SMILES string of the molecule is O=C(O)c1ccc(C(S)c2nnc3c(n2)[nH]c2ccccc23)cc1. The van der Waals surface area contributed by atoms with Gasteiger partial charge in [-0.15, -0.1) is 10.2 Å². The predicted octanol–water partition coefficient (Wildman–Crippen LogP) is 3.22. The lowest BCUT2D eigenvalue weighted by Gasteiger charge is -2.09. The molecule has 118 valence electrons. The number of aromatic amines is 1. The number of hydrogen-bond acceptors (Lipinski definition) is 5. The van der Waals surface area contributed by atoms with Gasteiger partial charge in [0.25, 0.3) is 0 Å². The lowest BCUT2D eigenvalue weighted by atomic mass is 10.1. The number of nitrogens with one attached hydrogen (secondary N) is 1. The molecule has 0 bridgehead atoms. The summed E-state index contributed by atoms with van der Waals surface area (Å²) in [4.78, 5) is 18.7. The fourth-order valence-corrected chi connectivity index (χ4v) is 2.89. The van der Waals surface area contributed by atoms with Crippen molar-refractivity contribution in [2.24, 2.45) is 0 Å². The molecule has 2 heterocycles. The summed E-state index contributed by atoms with van der Waals surface area (Å²) in [6.45, 7) is 0. The second kappa shape index (κ2) is 5.61. The number of carboxylic acids is 1. The minimum Gasteiger partial charge on any atom is -0.478 e. The van der Waals surface area contributed by atoms with Crippen molar-refractivity contribution in [2.45, 2.75) is 5.25 Å². The maximum absolute atomic E-state index is 10.9. The normalized spacial score (nSPS) is 12.5. The summed E-state index contributed by atoms with van der Waals surface area (Å²) >= 11 is 4.56. The van der Waals surface area contributed by atoms with Crippen LogP contribution in [0.25, 0.3) is 22.1 Å². The number of aromatic carboxylic acids is 1. The van der Waals surface area contributed by atoms with E-state index in [2.05, 4.69) is 32.8 Å². The molecule has 0 amide bonds. The third kappa shape index (κ3) is 2.39. The predicted molar refractivity (Wildman–Crippen MR) is 93.4 cm³/mol. The molecule has 0 saturated heterocycles. The Morgan fingerprint density at radius 2 is 1.83 bits per heavy atom. The van der Waals surface area contributed by atoms with E-state index in [1.165, 1.54) is 12.1 Å². The third-order valence-electron chi connectivity index (χ3n) is 3.86. The maximum atomic E-state index is 10.9. The Kier molecular flexibility index (Phi) is 3.42. The second-order valence-corrected chi connectivity index (χ2v) is 5.88. The number of fused-ring (bicyclic) bond motifs is 3. The van der Waals surface area contributed by atoms with Crippen LogP contribution in [0, 0.1) is 0 Å². The van der Waals surface area contributed by atoms with Crippen molar-refractivity contribution in [3.63, 3.8) is 0 Å². The Balaban J connectivity index is 1.75. The molecule has 4 aromatic rings. The first kappa shape index (κ1) is 14.6. The summed E-state index contributed by atoms with van der Waals surface area (Å²) < 4.78 is 0. The van der Waals surface area contributed by atoms with Crippen LogP contribution in [0.5, 0.6) is 0 Å². The minimum atomic E-state index is -0.963. The largest absolute Gasteiger partial charge is 0.478 e. The number of carboxylic acid groups (broad SMARTS) is 1. The molecule has 1 unspecified atom stereocenters. The Hall–Kier alpha value is -2.93. The molecule has 0 aliphatic rings. The van der Waals surface area contributed by atoms with Crippen LogP contribution < -0.4 is 0 Å². The number of carbonyl (C=O) groups is 1. The van der Waals surface area contributed by atoms with Crippen molar-refractivity contribution in [2.75, 3.05) is 0 Å². The van der Waals surface area contributed by atoms with Gasteiger partial charge in [0.05, 0.1) is 10.8 Å². The van der Waals surface area contributed by atoms with Gasteiger partial charge in [0, 0.05) is 10.9 Å². The van der Waals surface area contributed by atoms with Gasteiger partial charge in [0.15, 0.2) is 11.5 Å². The number of nitrogens with zero attached hydrogens (tertiary/aromatic N) is 3. The molecule has 0 fully saturated rings. The number of H-pyrrole nitrogens is 1. The molecule has 2 N–H and O–H groups in total. The Morgan fingerprint density at radius 1 is 1.08 bits per heavy atom. The number of aromatic nitrogens is 4. The summed E-state index contributed by atoms with van der Waals surface area (Å²) in [6.07, 6.45) is 0. The van der Waals surface area contributed by atoms with Gasteiger partial charge in [-0.25, -0.2) is 9.78 Å². The standard InChI is InChI=1S/C17H12N4O2S/c22-17(23)10-7-5-9(6-8-10)14(24)16-19-15-13(20-21-16)11-3-1-2-4-12(11)18-15/h1-8,14,24H,(H,22,23)(H,18,19,21). The zero-order chi connectivity index (χ0) is 16.7. The van der Waals surface area contributed by atoms with Crippen LogP contribution in [0.3, 0.4) is 0 Å². The van der Waals surface area contributed by atoms with Crippen LogP contribution in [0.2, 0.25) is 0 Å². The molecule has 24 heavy (non-hydrogen) atoms. The molecule has 1 atom stereocenters. The van der Waals surface area contributed by atoms with Gasteiger partial charge >= 0.3 is 5.97 Å². The Labute approximate surface area is 142 Å². The molecule has 0 aliphatic carbocycles. The van der Waals surface area contributed by atoms with Crippen molar-refractivity contribution in [1.82, 2.24) is 20.2 Å². The molecule has 7 heteroatoms. The highest BCUT2D eigenvalue weighted by Gasteiger charge is 2.16. The third-order valence-corrected chi connectivity index (χ3v) is 4.39. The molecule has 0 aliphatic heterocycles. The van der Waals surface area contributed by atoms with Crippen LogP contribution >= 0.6 is 12.6 Å². The van der Waals surface area contributed by atoms with Gasteiger partial charge in [0.2, 0.25) is 0 Å². The number of para-hydroxylation sites is 1. The van der Waals surface area contributed by atoms with Crippen LogP contribution in [0.1, 0.15) is 27.0 Å². The van der Waals surface area contributed by atoms with Gasteiger partial charge in [0.1, 0.15) is 5.52 Å². The van der Waals surface area contributed by atoms with Crippen LogP contribution in [0.4, 0.5) is 0 Å². The fraction of sp³-hybridized carbons (Fsp3) is 0.0588. The molecule has 0 saturated carbocycles. The van der Waals surface area contributed by atoms with Crippen molar-refractivity contribution in [3.8, 4) is 0 Å². The highest BCUT2D eigenvalue weighted by atomic mass is 32.1. The van der Waals surface area contributed by atoms with E-state index in [9.17, 15) is 4.79 Å². The van der Waals surface area contributed by atoms with Crippen molar-refractivity contribution >= 4 is 40.7 Å². The van der Waals surface area contributed by atoms with Crippen LogP contribution in [0.15, 0.2) is 48.5 Å². The lowest BCUT2D eigenvalue weighted by molar-refractivity contribution is 0.0697. The first-order valence-electron chi connectivity index (χ1n) is 7.26. The summed E-state index contributed by atoms with van der Waals surface area (Å²) in [7, 11) is 0. The lowest BCUT2D eigenvalue weighted by Crippen LogP contribution is -2.03. The van der Waals surface area contributed by atoms with Gasteiger partial charge in [-0.3, -0.25) is 0 Å². The molecule has 0 radical (unpaired) electrons. The van der Waals surface area contributed by atoms with Gasteiger partial charge in [-0.1, -0.05) is 30.3 Å². The van der Waals surface area contributed by atoms with E-state index in [-0.39, 0.29) is 5.56 Å². The van der Waals surface area contributed by atoms with Crippen molar-refractivity contribution < 1.29 is 9.90 Å². The zero-order valence-corrected chi connectivity index (χ0v) is 13.2. The van der Waals surface area contributed by atoms with E-state index < -0.39 is 11.2 Å². The van der Waals surface area contributed by atoms with E-state index in [1.54, 1.807) is 12.1 Å². The first-order chi connectivity index (χ1) is 11.6. The van der Waals surface area contributed by atoms with Crippen molar-refractivity contribution in [1.29, 1.82) is 0 Å². The van der Waals surface area contributed by atoms with Gasteiger partial charge in [-0.05, 0) is 23.8 Å². The topological polar surface area (TPSA) is 91.8 Å². The Morgan fingerprint density at radius 3 is 2.58 bits per heavy atom. The first-order valence-corrected chi connectivity index (χ1v) is 7.77. The summed E-state index contributed by atoms with van der Waals surface area (Å²) in [5.74, 6) is -0.504. The molecule has 2 aromatic heterocycles. The molecule has 2 aromatic carbocycles. The summed E-state index contributed by atoms with van der Waals surface area (Å²) in [6, 6.07) is 14.3. The second-order valence-electron chi connectivity index (χ2n) is 5.37. The van der Waals surface area contributed by atoms with E-state index in [0.29, 0.717) is 11.5 Å². The average Bonchev–Trinajstić information content (AvgIpc) is 2.99. The monoisotopic (exact) mass is 336 g/mol. The highest BCUT2D eigenvalue weighted by Crippen LogP contribution is 2.28. The van der Waals surface area contributed by atoms with E-state index >= 15 is 0 Å². The minimum absolute atomic E-state index is 0.226. The quantitative estimate of drug-likeness (QED) is 0.500. The molecule has 0 spiro atoms. The summed E-state index contributed by atoms with van der Waals surface area (Å²) in [5, 5.41) is 18.0. The highest BCUT2D eigenvalue weighted by molar-refractivity contribution is 7.80. The number of benzene rings is 2. The molecule has 6 nitrogen and oxygen atoms in total.